The molecule has 3 aromatic rings. The minimum absolute atomic E-state index is 0.0945. The smallest absolute Gasteiger partial charge is 0.415 e. The molecule has 1 amide bonds. The van der Waals surface area contributed by atoms with Crippen LogP contribution in [0.2, 0.25) is 0 Å². The Hall–Kier alpha value is -3.76. The number of hydrogen-bond donors (Lipinski definition) is 1. The summed E-state index contributed by atoms with van der Waals surface area (Å²) in [5.41, 5.74) is 2.38. The zero-order chi connectivity index (χ0) is 30.7. The molecular weight excluding hydrogens is 560 g/mol. The third-order valence-corrected chi connectivity index (χ3v) is 10.4. The fraction of sp³-hybridized carbons (Fsp3) is 0.529. The molecule has 0 radical (unpaired) electrons. The highest BCUT2D eigenvalue weighted by Crippen LogP contribution is 2.41. The van der Waals surface area contributed by atoms with Crippen molar-refractivity contribution in [2.75, 3.05) is 26.2 Å². The van der Waals surface area contributed by atoms with Crippen LogP contribution in [0.5, 0.6) is 5.75 Å². The zero-order valence-electron chi connectivity index (χ0n) is 25.7. The average Bonchev–Trinajstić information content (AvgIpc) is 3.41. The molecule has 4 aliphatic rings. The lowest BCUT2D eigenvalue weighted by atomic mass is 9.86. The minimum Gasteiger partial charge on any atom is -0.458 e. The van der Waals surface area contributed by atoms with Crippen molar-refractivity contribution in [3.8, 4) is 17.1 Å². The van der Waals surface area contributed by atoms with E-state index >= 15 is 0 Å². The molecule has 0 bridgehead atoms. The van der Waals surface area contributed by atoms with Gasteiger partial charge in [-0.2, -0.15) is 0 Å². The molecule has 1 N–H and O–H groups in total. The number of rotatable bonds is 4. The van der Waals surface area contributed by atoms with Crippen LogP contribution in [0.3, 0.4) is 0 Å². The Morgan fingerprint density at radius 1 is 1.07 bits per heavy atom. The maximum Gasteiger partial charge on any atom is 0.415 e. The molecule has 6 heterocycles. The van der Waals surface area contributed by atoms with E-state index in [0.717, 1.165) is 53.9 Å². The van der Waals surface area contributed by atoms with Gasteiger partial charge in [0.05, 0.1) is 29.0 Å². The van der Waals surface area contributed by atoms with Crippen LogP contribution < -0.4 is 10.3 Å². The summed E-state index contributed by atoms with van der Waals surface area (Å²) in [5, 5.41) is 12.0. The summed E-state index contributed by atoms with van der Waals surface area (Å²) in [6.45, 7) is 9.94. The van der Waals surface area contributed by atoms with E-state index in [2.05, 4.69) is 18.7 Å². The van der Waals surface area contributed by atoms with Crippen molar-refractivity contribution in [2.24, 2.45) is 5.92 Å². The third kappa shape index (κ3) is 4.61. The lowest BCUT2D eigenvalue weighted by Gasteiger charge is -2.41. The maximum absolute atomic E-state index is 13.6. The molecule has 0 saturated carbocycles. The lowest BCUT2D eigenvalue weighted by molar-refractivity contribution is -0.172. The predicted molar refractivity (Wildman–Crippen MR) is 164 cm³/mol. The van der Waals surface area contributed by atoms with Gasteiger partial charge in [0.25, 0.3) is 5.56 Å². The first-order chi connectivity index (χ1) is 21.2. The van der Waals surface area contributed by atoms with Crippen molar-refractivity contribution in [1.29, 1.82) is 0 Å². The fourth-order valence-electron chi connectivity index (χ4n) is 7.58. The minimum atomic E-state index is -1.87. The van der Waals surface area contributed by atoms with Crippen LogP contribution in [0.4, 0.5) is 4.79 Å². The number of carbonyl (C=O) groups excluding carboxylic acids is 2. The van der Waals surface area contributed by atoms with Gasteiger partial charge >= 0.3 is 12.1 Å². The molecule has 2 saturated heterocycles. The van der Waals surface area contributed by atoms with Crippen molar-refractivity contribution >= 4 is 23.0 Å². The van der Waals surface area contributed by atoms with Gasteiger partial charge in [-0.3, -0.25) is 4.79 Å². The number of amides is 1. The Bertz CT molecular complexity index is 1720. The summed E-state index contributed by atoms with van der Waals surface area (Å²) in [6, 6.07) is 7.76. The number of benzene rings is 1. The summed E-state index contributed by atoms with van der Waals surface area (Å²) in [5.74, 6) is 0.539. The molecule has 2 aromatic heterocycles. The second kappa shape index (κ2) is 11.0. The molecule has 1 aromatic carbocycles. The van der Waals surface area contributed by atoms with Gasteiger partial charge in [-0.1, -0.05) is 20.8 Å². The highest BCUT2D eigenvalue weighted by molar-refractivity contribution is 5.90. The van der Waals surface area contributed by atoms with E-state index in [0.29, 0.717) is 60.4 Å². The number of pyridine rings is 2. The number of aliphatic hydroxyl groups is 1. The molecule has 44 heavy (non-hydrogen) atoms. The van der Waals surface area contributed by atoms with Crippen molar-refractivity contribution in [3.05, 3.63) is 56.9 Å². The summed E-state index contributed by atoms with van der Waals surface area (Å²) in [7, 11) is 0. The van der Waals surface area contributed by atoms with E-state index in [9.17, 15) is 19.5 Å². The largest absolute Gasteiger partial charge is 0.458 e. The maximum atomic E-state index is 13.6. The number of cyclic esters (lactones) is 1. The van der Waals surface area contributed by atoms with Crippen molar-refractivity contribution in [3.63, 3.8) is 0 Å². The molecule has 10 nitrogen and oxygen atoms in total. The number of piperidine rings is 2. The monoisotopic (exact) mass is 600 g/mol. The third-order valence-electron chi connectivity index (χ3n) is 10.4. The summed E-state index contributed by atoms with van der Waals surface area (Å²) < 4.78 is 12.7. The van der Waals surface area contributed by atoms with Crippen LogP contribution in [-0.4, -0.2) is 68.7 Å². The molecule has 4 aliphatic heterocycles. The number of esters is 1. The van der Waals surface area contributed by atoms with Crippen LogP contribution in [0, 0.1) is 5.92 Å². The molecule has 7 rings (SSSR count). The van der Waals surface area contributed by atoms with Gasteiger partial charge < -0.3 is 28.9 Å². The zero-order valence-corrected chi connectivity index (χ0v) is 25.7. The Balaban J connectivity index is 1.14. The highest BCUT2D eigenvalue weighted by atomic mass is 16.6. The molecule has 0 unspecified atom stereocenters. The number of likely N-dealkylation sites (tertiary alicyclic amines) is 2. The number of carbonyl (C=O) groups is 2. The van der Waals surface area contributed by atoms with Crippen LogP contribution in [0.1, 0.15) is 75.1 Å². The van der Waals surface area contributed by atoms with Gasteiger partial charge in [-0.05, 0) is 87.4 Å². The average molecular weight is 601 g/mol. The molecule has 232 valence electrons. The normalized spacial score (nSPS) is 22.5. The van der Waals surface area contributed by atoms with Gasteiger partial charge in [0, 0.05) is 35.6 Å². The van der Waals surface area contributed by atoms with Crippen molar-refractivity contribution in [2.45, 2.75) is 84.1 Å². The Morgan fingerprint density at radius 2 is 1.82 bits per heavy atom. The Labute approximate surface area is 256 Å². The van der Waals surface area contributed by atoms with Gasteiger partial charge in [-0.15, -0.1) is 0 Å². The van der Waals surface area contributed by atoms with E-state index in [1.165, 1.54) is 12.8 Å². The second-order valence-electron chi connectivity index (χ2n) is 12.9. The number of aromatic nitrogens is 2. The van der Waals surface area contributed by atoms with Gasteiger partial charge in [0.15, 0.2) is 5.60 Å². The van der Waals surface area contributed by atoms with Crippen LogP contribution in [0.25, 0.3) is 22.3 Å². The topological polar surface area (TPSA) is 114 Å². The quantitative estimate of drug-likeness (QED) is 0.344. The van der Waals surface area contributed by atoms with Crippen LogP contribution in [-0.2, 0) is 34.7 Å². The number of fused-ring (bicyclic) bond motifs is 5. The molecule has 1 atom stereocenters. The molecule has 0 spiro atoms. The number of hydrogen-bond acceptors (Lipinski definition) is 8. The van der Waals surface area contributed by atoms with Gasteiger partial charge in [-0.25, -0.2) is 14.6 Å². The Morgan fingerprint density at radius 3 is 2.52 bits per heavy atom. The van der Waals surface area contributed by atoms with E-state index in [4.69, 9.17) is 14.5 Å². The van der Waals surface area contributed by atoms with Crippen molar-refractivity contribution < 1.29 is 24.2 Å². The lowest BCUT2D eigenvalue weighted by Crippen LogP contribution is -2.49. The predicted octanol–water partition coefficient (Wildman–Crippen LogP) is 4.34. The van der Waals surface area contributed by atoms with E-state index < -0.39 is 11.6 Å². The highest BCUT2D eigenvalue weighted by Gasteiger charge is 2.45. The van der Waals surface area contributed by atoms with Gasteiger partial charge in [0.1, 0.15) is 12.4 Å². The van der Waals surface area contributed by atoms with Crippen molar-refractivity contribution in [1.82, 2.24) is 19.4 Å². The molecular formula is C34H40N4O6. The molecule has 10 heteroatoms. The van der Waals surface area contributed by atoms with E-state index in [1.54, 1.807) is 23.6 Å². The standard InChI is InChI=1S/C34H40N4O6/c1-4-23-24-16-22(44-33(41)37-14-10-21(11-15-37)36-12-8-20(3)9-13-36)6-7-28(24)35-30-25(23)18-38-29(30)17-27-26(31(38)39)19-43-32(40)34(27,42)5-2/h6-7,16-17,20-21,42H,4-5,8-15,18-19H2,1-3H3/t34-/m0/s1. The van der Waals surface area contributed by atoms with E-state index in [-0.39, 0.29) is 24.7 Å². The summed E-state index contributed by atoms with van der Waals surface area (Å²) in [4.78, 5) is 48.6. The molecule has 2 fully saturated rings. The number of nitrogens with zero attached hydrogens (tertiary/aromatic N) is 4. The first kappa shape index (κ1) is 29.0. The summed E-state index contributed by atoms with van der Waals surface area (Å²) in [6.07, 6.45) is 4.90. The molecule has 0 aliphatic carbocycles. The summed E-state index contributed by atoms with van der Waals surface area (Å²) >= 11 is 0. The van der Waals surface area contributed by atoms with Crippen LogP contribution >= 0.6 is 0 Å². The SMILES string of the molecule is CCc1c2c(nc3ccc(OC(=O)N4CCC(N5CCC(C)CC5)CC4)cc13)-c1cc3c(c(=O)n1C2)COC(=O)[C@]3(O)CC. The fourth-order valence-corrected chi connectivity index (χ4v) is 7.58. The first-order valence-electron chi connectivity index (χ1n) is 16.0. The second-order valence-corrected chi connectivity index (χ2v) is 12.9. The van der Waals surface area contributed by atoms with E-state index in [1.807, 2.05) is 17.0 Å². The van der Waals surface area contributed by atoms with Crippen LogP contribution in [0.15, 0.2) is 29.1 Å². The number of ether oxygens (including phenoxy) is 2. The van der Waals surface area contributed by atoms with Gasteiger partial charge in [0.2, 0.25) is 0 Å². The Kier molecular flexibility index (Phi) is 7.24. The first-order valence-corrected chi connectivity index (χ1v) is 16.0. The number of aryl methyl sites for hydroxylation is 1.